The van der Waals surface area contributed by atoms with Gasteiger partial charge >= 0.3 is 6.03 Å². The molecule has 8 nitrogen and oxygen atoms in total. The van der Waals surface area contributed by atoms with Gasteiger partial charge in [0.2, 0.25) is 10.0 Å². The number of aliphatic imine (C=N–C) groups is 1. The number of nitrogens with two attached hydrogens (primary N) is 1. The smallest absolute Gasteiger partial charge is 0.313 e. The van der Waals surface area contributed by atoms with Crippen LogP contribution in [0.3, 0.4) is 0 Å². The lowest BCUT2D eigenvalue weighted by Gasteiger charge is -2.35. The Kier molecular flexibility index (Phi) is 6.59. The van der Waals surface area contributed by atoms with Gasteiger partial charge in [-0.05, 0) is 43.2 Å². The van der Waals surface area contributed by atoms with E-state index in [9.17, 15) is 17.6 Å². The third kappa shape index (κ3) is 5.05. The number of hydrogen-bond acceptors (Lipinski definition) is 5. The first-order valence-corrected chi connectivity index (χ1v) is 11.5. The molecule has 2 heterocycles. The maximum Gasteiger partial charge on any atom is 0.313 e. The number of piperazine rings is 1. The van der Waals surface area contributed by atoms with E-state index in [1.807, 2.05) is 13.0 Å². The second-order valence-corrected chi connectivity index (χ2v) is 9.93. The standard InChI is InChI=1S/C20H28FN5O3S/c1-3-30(28,29)26-8-6-25(7-9-26)13-16-10-17(12-18(21)11-16)20(24-19(22)27)5-4-15(2)23-14-20/h4-5,10-12H,3,6-9,13-14H2,1-2H3,(H3,22,24,27). The number of rotatable bonds is 6. The molecule has 0 aromatic heterocycles. The number of allylic oxidation sites excluding steroid dienone is 1. The van der Waals surface area contributed by atoms with Crippen molar-refractivity contribution in [2.75, 3.05) is 38.5 Å². The van der Waals surface area contributed by atoms with Crippen LogP contribution in [0.5, 0.6) is 0 Å². The second-order valence-electron chi connectivity index (χ2n) is 7.68. The zero-order valence-corrected chi connectivity index (χ0v) is 18.1. The molecule has 1 atom stereocenters. The van der Waals surface area contributed by atoms with Crippen LogP contribution in [-0.2, 0) is 22.1 Å². The number of primary amides is 1. The Morgan fingerprint density at radius 2 is 1.97 bits per heavy atom. The molecule has 1 unspecified atom stereocenters. The van der Waals surface area contributed by atoms with Crippen molar-refractivity contribution in [3.05, 3.63) is 47.3 Å². The lowest BCUT2D eigenvalue weighted by molar-refractivity contribution is 0.181. The zero-order chi connectivity index (χ0) is 21.9. The number of nitrogens with one attached hydrogen (secondary N) is 1. The summed E-state index contributed by atoms with van der Waals surface area (Å²) >= 11 is 0. The number of hydrogen-bond donors (Lipinski definition) is 2. The number of halogens is 1. The van der Waals surface area contributed by atoms with Gasteiger partial charge in [0.05, 0.1) is 12.3 Å². The van der Waals surface area contributed by atoms with E-state index in [0.29, 0.717) is 38.3 Å². The first kappa shape index (κ1) is 22.4. The summed E-state index contributed by atoms with van der Waals surface area (Å²) in [5, 5.41) is 2.71. The third-order valence-electron chi connectivity index (χ3n) is 5.50. The van der Waals surface area contributed by atoms with E-state index in [1.165, 1.54) is 16.4 Å². The van der Waals surface area contributed by atoms with Crippen molar-refractivity contribution in [2.24, 2.45) is 10.7 Å². The van der Waals surface area contributed by atoms with Crippen LogP contribution in [0.15, 0.2) is 35.3 Å². The SMILES string of the molecule is CCS(=O)(=O)N1CCN(Cc2cc(F)cc(C3(NC(N)=O)C=CC(C)=NC3)c2)CC1. The first-order chi connectivity index (χ1) is 14.1. The summed E-state index contributed by atoms with van der Waals surface area (Å²) in [6.45, 7) is 6.16. The normalized spacial score (nSPS) is 23.2. The van der Waals surface area contributed by atoms with E-state index < -0.39 is 27.4 Å². The molecule has 30 heavy (non-hydrogen) atoms. The van der Waals surface area contributed by atoms with Crippen LogP contribution >= 0.6 is 0 Å². The topological polar surface area (TPSA) is 108 Å². The van der Waals surface area contributed by atoms with Crippen LogP contribution in [0.1, 0.15) is 25.0 Å². The molecule has 2 aliphatic heterocycles. The van der Waals surface area contributed by atoms with Crippen LogP contribution in [-0.4, -0.2) is 67.8 Å². The fourth-order valence-electron chi connectivity index (χ4n) is 3.78. The fraction of sp³-hybridized carbons (Fsp3) is 0.500. The number of urea groups is 1. The number of amides is 2. The summed E-state index contributed by atoms with van der Waals surface area (Å²) in [5.74, 6) is -0.329. The van der Waals surface area contributed by atoms with Crippen molar-refractivity contribution in [1.82, 2.24) is 14.5 Å². The highest BCUT2D eigenvalue weighted by Gasteiger charge is 2.33. The van der Waals surface area contributed by atoms with E-state index in [-0.39, 0.29) is 12.3 Å². The fourth-order valence-corrected chi connectivity index (χ4v) is 4.87. The molecule has 3 rings (SSSR count). The Hall–Kier alpha value is -2.30. The molecule has 10 heteroatoms. The number of benzene rings is 1. The van der Waals surface area contributed by atoms with Crippen molar-refractivity contribution < 1.29 is 17.6 Å². The molecule has 1 aromatic rings. The van der Waals surface area contributed by atoms with Crippen molar-refractivity contribution in [1.29, 1.82) is 0 Å². The van der Waals surface area contributed by atoms with Gasteiger partial charge in [-0.3, -0.25) is 9.89 Å². The Labute approximate surface area is 176 Å². The number of sulfonamides is 1. The van der Waals surface area contributed by atoms with Gasteiger partial charge in [0.1, 0.15) is 11.4 Å². The minimum Gasteiger partial charge on any atom is -0.352 e. The number of dihydropyridines is 1. The molecule has 164 valence electrons. The van der Waals surface area contributed by atoms with E-state index >= 15 is 0 Å². The average molecular weight is 438 g/mol. The van der Waals surface area contributed by atoms with Gasteiger partial charge in [0, 0.05) is 38.4 Å². The Bertz CT molecular complexity index is 971. The van der Waals surface area contributed by atoms with Crippen molar-refractivity contribution >= 4 is 21.8 Å². The van der Waals surface area contributed by atoms with Crippen LogP contribution in [0.2, 0.25) is 0 Å². The lowest BCUT2D eigenvalue weighted by Crippen LogP contribution is -2.50. The van der Waals surface area contributed by atoms with Gasteiger partial charge in [-0.15, -0.1) is 0 Å². The minimum absolute atomic E-state index is 0.0880. The summed E-state index contributed by atoms with van der Waals surface area (Å²) in [6, 6.07) is 3.96. The highest BCUT2D eigenvalue weighted by molar-refractivity contribution is 7.89. The van der Waals surface area contributed by atoms with Gasteiger partial charge in [-0.2, -0.15) is 4.31 Å². The molecule has 3 N–H and O–H groups in total. The number of carbonyl (C=O) groups is 1. The van der Waals surface area contributed by atoms with Gasteiger partial charge in [-0.1, -0.05) is 12.1 Å². The number of carbonyl (C=O) groups excluding carboxylic acids is 1. The van der Waals surface area contributed by atoms with E-state index in [1.54, 1.807) is 19.1 Å². The van der Waals surface area contributed by atoms with E-state index in [2.05, 4.69) is 15.2 Å². The molecule has 0 bridgehead atoms. The minimum atomic E-state index is -3.20. The summed E-state index contributed by atoms with van der Waals surface area (Å²) in [5.41, 5.74) is 6.49. The predicted octanol–water partition coefficient (Wildman–Crippen LogP) is 1.19. The zero-order valence-electron chi connectivity index (χ0n) is 17.3. The summed E-state index contributed by atoms with van der Waals surface area (Å²) < 4.78 is 40.0. The van der Waals surface area contributed by atoms with Crippen LogP contribution in [0.4, 0.5) is 9.18 Å². The quantitative estimate of drug-likeness (QED) is 0.697. The van der Waals surface area contributed by atoms with Gasteiger partial charge < -0.3 is 11.1 Å². The molecule has 0 aliphatic carbocycles. The van der Waals surface area contributed by atoms with Crippen molar-refractivity contribution in [3.63, 3.8) is 0 Å². The predicted molar refractivity (Wildman–Crippen MR) is 114 cm³/mol. The van der Waals surface area contributed by atoms with Gasteiger partial charge in [0.15, 0.2) is 0 Å². The van der Waals surface area contributed by atoms with E-state index in [0.717, 1.165) is 11.3 Å². The van der Waals surface area contributed by atoms with Crippen molar-refractivity contribution in [2.45, 2.75) is 25.9 Å². The average Bonchev–Trinajstić information content (AvgIpc) is 2.69. The molecule has 1 saturated heterocycles. The molecule has 0 radical (unpaired) electrons. The molecular formula is C20H28FN5O3S. The first-order valence-electron chi connectivity index (χ1n) is 9.91. The highest BCUT2D eigenvalue weighted by Crippen LogP contribution is 2.28. The molecule has 1 aromatic carbocycles. The summed E-state index contributed by atoms with van der Waals surface area (Å²) in [7, 11) is -3.20. The largest absolute Gasteiger partial charge is 0.352 e. The molecule has 2 amide bonds. The molecular weight excluding hydrogens is 409 g/mol. The van der Waals surface area contributed by atoms with Crippen LogP contribution < -0.4 is 11.1 Å². The Morgan fingerprint density at radius 3 is 2.53 bits per heavy atom. The van der Waals surface area contributed by atoms with Crippen LogP contribution in [0.25, 0.3) is 0 Å². The Morgan fingerprint density at radius 1 is 1.27 bits per heavy atom. The molecule has 2 aliphatic rings. The number of nitrogens with zero attached hydrogens (tertiary/aromatic N) is 3. The maximum atomic E-state index is 14.5. The second kappa shape index (κ2) is 8.83. The highest BCUT2D eigenvalue weighted by atomic mass is 32.2. The molecule has 0 spiro atoms. The monoisotopic (exact) mass is 437 g/mol. The summed E-state index contributed by atoms with van der Waals surface area (Å²) in [4.78, 5) is 18.1. The Balaban J connectivity index is 1.79. The van der Waals surface area contributed by atoms with E-state index in [4.69, 9.17) is 5.73 Å². The maximum absolute atomic E-state index is 14.5. The van der Waals surface area contributed by atoms with Crippen molar-refractivity contribution in [3.8, 4) is 0 Å². The van der Waals surface area contributed by atoms with Crippen LogP contribution in [0, 0.1) is 5.82 Å². The summed E-state index contributed by atoms with van der Waals surface area (Å²) in [6.07, 6.45) is 3.56. The third-order valence-corrected chi connectivity index (χ3v) is 7.38. The van der Waals surface area contributed by atoms with Gasteiger partial charge in [-0.25, -0.2) is 17.6 Å². The lowest BCUT2D eigenvalue weighted by atomic mass is 9.86. The molecule has 0 saturated carbocycles. The molecule has 1 fully saturated rings. The van der Waals surface area contributed by atoms with Gasteiger partial charge in [0.25, 0.3) is 0 Å².